The van der Waals surface area contributed by atoms with E-state index in [-0.39, 0.29) is 4.90 Å². The SMILES string of the molecule is O=S(=O)(O)c1cccc2cc3ccccc3cc12.c1ccc2ccccc2c1. The number of hydrogen-bond acceptors (Lipinski definition) is 2. The topological polar surface area (TPSA) is 54.4 Å². The maximum absolute atomic E-state index is 11.3. The molecule has 0 aromatic heterocycles. The third-order valence-electron chi connectivity index (χ3n) is 4.64. The van der Waals surface area contributed by atoms with Gasteiger partial charge in [0.05, 0.1) is 0 Å². The van der Waals surface area contributed by atoms with Crippen LogP contribution in [0.3, 0.4) is 0 Å². The van der Waals surface area contributed by atoms with Gasteiger partial charge >= 0.3 is 0 Å². The van der Waals surface area contributed by atoms with E-state index in [9.17, 15) is 13.0 Å². The summed E-state index contributed by atoms with van der Waals surface area (Å²) >= 11 is 0. The second kappa shape index (κ2) is 7.43. The molecule has 4 heteroatoms. The van der Waals surface area contributed by atoms with Crippen molar-refractivity contribution in [3.05, 3.63) is 103 Å². The first kappa shape index (κ1) is 18.2. The van der Waals surface area contributed by atoms with Crippen LogP contribution in [-0.2, 0) is 10.1 Å². The van der Waals surface area contributed by atoms with E-state index in [0.717, 1.165) is 16.2 Å². The smallest absolute Gasteiger partial charge is 0.282 e. The predicted octanol–water partition coefficient (Wildman–Crippen LogP) is 6.08. The Bertz CT molecular complexity index is 1320. The van der Waals surface area contributed by atoms with Crippen molar-refractivity contribution in [1.82, 2.24) is 0 Å². The molecule has 0 heterocycles. The summed E-state index contributed by atoms with van der Waals surface area (Å²) in [5.74, 6) is 0. The maximum Gasteiger partial charge on any atom is 0.295 e. The summed E-state index contributed by atoms with van der Waals surface area (Å²) in [6.07, 6.45) is 0. The van der Waals surface area contributed by atoms with E-state index in [1.54, 1.807) is 12.1 Å². The highest BCUT2D eigenvalue weighted by Crippen LogP contribution is 2.27. The molecule has 0 aliphatic heterocycles. The average Bonchev–Trinajstić information content (AvgIpc) is 2.71. The second-order valence-corrected chi connectivity index (χ2v) is 7.89. The quantitative estimate of drug-likeness (QED) is 0.281. The zero-order chi connectivity index (χ0) is 19.6. The van der Waals surface area contributed by atoms with Crippen molar-refractivity contribution in [3.63, 3.8) is 0 Å². The van der Waals surface area contributed by atoms with E-state index >= 15 is 0 Å². The van der Waals surface area contributed by atoms with Gasteiger partial charge in [-0.1, -0.05) is 84.9 Å². The molecule has 0 saturated heterocycles. The van der Waals surface area contributed by atoms with Crippen molar-refractivity contribution in [1.29, 1.82) is 0 Å². The summed E-state index contributed by atoms with van der Waals surface area (Å²) in [4.78, 5) is -0.0502. The first-order valence-electron chi connectivity index (χ1n) is 8.85. The zero-order valence-corrected chi connectivity index (χ0v) is 15.8. The minimum absolute atomic E-state index is 0.0502. The van der Waals surface area contributed by atoms with Gasteiger partial charge < -0.3 is 0 Å². The van der Waals surface area contributed by atoms with Crippen LogP contribution in [0.4, 0.5) is 0 Å². The number of fused-ring (bicyclic) bond motifs is 3. The summed E-state index contributed by atoms with van der Waals surface area (Å²) in [5.41, 5.74) is 0. The van der Waals surface area contributed by atoms with E-state index < -0.39 is 10.1 Å². The van der Waals surface area contributed by atoms with Crippen LogP contribution in [0.1, 0.15) is 0 Å². The first-order valence-corrected chi connectivity index (χ1v) is 10.3. The van der Waals surface area contributed by atoms with E-state index in [4.69, 9.17) is 0 Å². The number of rotatable bonds is 1. The van der Waals surface area contributed by atoms with E-state index in [1.165, 1.54) is 16.8 Å². The van der Waals surface area contributed by atoms with Crippen LogP contribution in [0.25, 0.3) is 32.3 Å². The lowest BCUT2D eigenvalue weighted by Gasteiger charge is -2.05. The Labute approximate surface area is 163 Å². The van der Waals surface area contributed by atoms with E-state index in [1.807, 2.05) is 36.4 Å². The molecule has 5 rings (SSSR count). The maximum atomic E-state index is 11.3. The molecule has 0 saturated carbocycles. The van der Waals surface area contributed by atoms with Crippen molar-refractivity contribution in [2.45, 2.75) is 4.90 Å². The molecule has 0 radical (unpaired) electrons. The molecule has 0 atom stereocenters. The van der Waals surface area contributed by atoms with E-state index in [2.05, 4.69) is 48.5 Å². The number of benzene rings is 5. The molecule has 0 bridgehead atoms. The highest BCUT2D eigenvalue weighted by molar-refractivity contribution is 7.86. The summed E-state index contributed by atoms with van der Waals surface area (Å²) < 4.78 is 31.9. The van der Waals surface area contributed by atoms with Crippen LogP contribution in [0.15, 0.2) is 108 Å². The third-order valence-corrected chi connectivity index (χ3v) is 5.56. The van der Waals surface area contributed by atoms with Crippen LogP contribution >= 0.6 is 0 Å². The van der Waals surface area contributed by atoms with Crippen molar-refractivity contribution in [2.24, 2.45) is 0 Å². The predicted molar refractivity (Wildman–Crippen MR) is 115 cm³/mol. The molecule has 0 aliphatic rings. The molecule has 0 unspecified atom stereocenters. The molecule has 0 spiro atoms. The van der Waals surface area contributed by atoms with Gasteiger partial charge in [0.15, 0.2) is 0 Å². The molecule has 5 aromatic carbocycles. The highest BCUT2D eigenvalue weighted by atomic mass is 32.2. The van der Waals surface area contributed by atoms with Gasteiger partial charge in [0.1, 0.15) is 4.90 Å². The Kier molecular flexibility index (Phi) is 4.82. The van der Waals surface area contributed by atoms with Gasteiger partial charge in [-0.15, -0.1) is 0 Å². The fourth-order valence-electron chi connectivity index (χ4n) is 3.30. The molecule has 1 N–H and O–H groups in total. The molecule has 0 aliphatic carbocycles. The summed E-state index contributed by atoms with van der Waals surface area (Å²) in [6, 6.07) is 33.0. The van der Waals surface area contributed by atoms with Gasteiger partial charge in [-0.05, 0) is 45.1 Å². The van der Waals surface area contributed by atoms with E-state index in [0.29, 0.717) is 5.39 Å². The third kappa shape index (κ3) is 3.74. The van der Waals surface area contributed by atoms with Crippen LogP contribution in [0.5, 0.6) is 0 Å². The lowest BCUT2D eigenvalue weighted by molar-refractivity contribution is 0.484. The van der Waals surface area contributed by atoms with Crippen LogP contribution in [0, 0.1) is 0 Å². The molecule has 0 fully saturated rings. The normalized spacial score (nSPS) is 11.3. The monoisotopic (exact) mass is 386 g/mol. The zero-order valence-electron chi connectivity index (χ0n) is 15.0. The standard InChI is InChI=1S/C14H10O3S.C10H8/c15-18(16,17)14-7-3-6-12-8-10-4-1-2-5-11(10)9-13(12)14;1-2-6-10-8-4-3-7-9(10)5-1/h1-9H,(H,15,16,17);1-8H. The average molecular weight is 386 g/mol. The Morgan fingerprint density at radius 3 is 1.43 bits per heavy atom. The van der Waals surface area contributed by atoms with Crippen molar-refractivity contribution in [3.8, 4) is 0 Å². The minimum Gasteiger partial charge on any atom is -0.282 e. The highest BCUT2D eigenvalue weighted by Gasteiger charge is 2.13. The Morgan fingerprint density at radius 2 is 0.929 bits per heavy atom. The lowest BCUT2D eigenvalue weighted by atomic mass is 10.0. The van der Waals surface area contributed by atoms with Crippen molar-refractivity contribution < 1.29 is 13.0 Å². The molecule has 5 aromatic rings. The van der Waals surface area contributed by atoms with Gasteiger partial charge in [0.2, 0.25) is 0 Å². The fourth-order valence-corrected chi connectivity index (χ4v) is 4.00. The summed E-state index contributed by atoms with van der Waals surface area (Å²) in [5, 5.41) is 5.94. The van der Waals surface area contributed by atoms with Gasteiger partial charge in [-0.2, -0.15) is 8.42 Å². The Balaban J connectivity index is 0.000000162. The second-order valence-electron chi connectivity index (χ2n) is 6.50. The summed E-state index contributed by atoms with van der Waals surface area (Å²) in [7, 11) is -4.20. The molecule has 0 amide bonds. The first-order chi connectivity index (χ1) is 13.5. The number of hydrogen-bond donors (Lipinski definition) is 1. The Morgan fingerprint density at radius 1 is 0.500 bits per heavy atom. The lowest BCUT2D eigenvalue weighted by Crippen LogP contribution is -1.98. The molecule has 3 nitrogen and oxygen atoms in total. The largest absolute Gasteiger partial charge is 0.295 e. The van der Waals surface area contributed by atoms with Crippen molar-refractivity contribution in [2.75, 3.05) is 0 Å². The van der Waals surface area contributed by atoms with Crippen LogP contribution in [0.2, 0.25) is 0 Å². The minimum atomic E-state index is -4.20. The van der Waals surface area contributed by atoms with Crippen molar-refractivity contribution >= 4 is 42.4 Å². The summed E-state index contributed by atoms with van der Waals surface area (Å²) in [6.45, 7) is 0. The van der Waals surface area contributed by atoms with Gasteiger partial charge in [0, 0.05) is 5.39 Å². The molecule has 28 heavy (non-hydrogen) atoms. The van der Waals surface area contributed by atoms with Crippen LogP contribution in [-0.4, -0.2) is 13.0 Å². The van der Waals surface area contributed by atoms with Gasteiger partial charge in [0.25, 0.3) is 10.1 Å². The molecule has 138 valence electrons. The Hall–Kier alpha value is -3.21. The van der Waals surface area contributed by atoms with Gasteiger partial charge in [-0.3, -0.25) is 4.55 Å². The van der Waals surface area contributed by atoms with Gasteiger partial charge in [-0.25, -0.2) is 0 Å². The molecular formula is C24H18O3S. The molecular weight excluding hydrogens is 368 g/mol. The van der Waals surface area contributed by atoms with Crippen LogP contribution < -0.4 is 0 Å². The fraction of sp³-hybridized carbons (Fsp3) is 0.